The summed E-state index contributed by atoms with van der Waals surface area (Å²) in [5, 5.41) is 3.30. The normalized spacial score (nSPS) is 11.3. The Balaban J connectivity index is 0.00000289. The van der Waals surface area contributed by atoms with E-state index < -0.39 is 0 Å². The van der Waals surface area contributed by atoms with Gasteiger partial charge in [0.2, 0.25) is 5.91 Å². The molecule has 0 saturated heterocycles. The quantitative estimate of drug-likeness (QED) is 0.843. The molecule has 1 aromatic rings. The Morgan fingerprint density at radius 1 is 1.50 bits per heavy atom. The number of nitrogens with two attached hydrogens (primary N) is 1. The molecule has 1 amide bonds. The van der Waals surface area contributed by atoms with Gasteiger partial charge in [0.15, 0.2) is 0 Å². The predicted molar refractivity (Wildman–Crippen MR) is 75.5 cm³/mol. The van der Waals surface area contributed by atoms with Gasteiger partial charge in [-0.25, -0.2) is 0 Å². The SMILES string of the molecule is CC(CNC(=O)CCN)Oc1ccccc1Cl.Cl. The maximum Gasteiger partial charge on any atom is 0.221 e. The Hall–Kier alpha value is -0.970. The van der Waals surface area contributed by atoms with E-state index in [2.05, 4.69) is 5.32 Å². The Bertz CT molecular complexity index is 375. The molecule has 0 saturated carbocycles. The first kappa shape index (κ1) is 17.0. The number of halogens is 2. The summed E-state index contributed by atoms with van der Waals surface area (Å²) in [7, 11) is 0. The second-order valence-corrected chi connectivity index (χ2v) is 4.11. The van der Waals surface area contributed by atoms with Gasteiger partial charge in [0, 0.05) is 13.0 Å². The third-order valence-electron chi connectivity index (χ3n) is 2.12. The first-order chi connectivity index (χ1) is 8.13. The van der Waals surface area contributed by atoms with Gasteiger partial charge in [0.1, 0.15) is 11.9 Å². The minimum Gasteiger partial charge on any atom is -0.487 e. The summed E-state index contributed by atoms with van der Waals surface area (Å²) in [6, 6.07) is 7.24. The van der Waals surface area contributed by atoms with Crippen molar-refractivity contribution in [3.05, 3.63) is 29.3 Å². The van der Waals surface area contributed by atoms with E-state index >= 15 is 0 Å². The Labute approximate surface area is 118 Å². The molecular formula is C12H18Cl2N2O2. The van der Waals surface area contributed by atoms with E-state index in [-0.39, 0.29) is 24.4 Å². The summed E-state index contributed by atoms with van der Waals surface area (Å²) in [6.07, 6.45) is 0.190. The largest absolute Gasteiger partial charge is 0.487 e. The molecule has 1 rings (SSSR count). The number of ether oxygens (including phenoxy) is 1. The molecular weight excluding hydrogens is 275 g/mol. The predicted octanol–water partition coefficient (Wildman–Crippen LogP) is 1.99. The lowest BCUT2D eigenvalue weighted by atomic mass is 10.3. The minimum atomic E-state index is -0.142. The molecule has 1 atom stereocenters. The molecule has 0 heterocycles. The summed E-state index contributed by atoms with van der Waals surface area (Å²) in [5.74, 6) is 0.553. The highest BCUT2D eigenvalue weighted by Crippen LogP contribution is 2.23. The molecule has 0 aliphatic rings. The van der Waals surface area contributed by atoms with Crippen LogP contribution >= 0.6 is 24.0 Å². The van der Waals surface area contributed by atoms with Crippen molar-refractivity contribution in [3.63, 3.8) is 0 Å². The lowest BCUT2D eigenvalue weighted by molar-refractivity contribution is -0.121. The van der Waals surface area contributed by atoms with Crippen molar-refractivity contribution < 1.29 is 9.53 Å². The molecule has 0 radical (unpaired) electrons. The third kappa shape index (κ3) is 6.10. The first-order valence-corrected chi connectivity index (χ1v) is 5.89. The number of hydrogen-bond acceptors (Lipinski definition) is 3. The number of carbonyl (C=O) groups is 1. The van der Waals surface area contributed by atoms with Crippen molar-refractivity contribution in [2.75, 3.05) is 13.1 Å². The van der Waals surface area contributed by atoms with Gasteiger partial charge >= 0.3 is 0 Å². The fourth-order valence-corrected chi connectivity index (χ4v) is 1.46. The van der Waals surface area contributed by atoms with Crippen LogP contribution < -0.4 is 15.8 Å². The van der Waals surface area contributed by atoms with E-state index in [1.165, 1.54) is 0 Å². The number of nitrogens with one attached hydrogen (secondary N) is 1. The highest BCUT2D eigenvalue weighted by molar-refractivity contribution is 6.32. The summed E-state index contributed by atoms with van der Waals surface area (Å²) in [5.41, 5.74) is 5.27. The standard InChI is InChI=1S/C12H17ClN2O2.ClH/c1-9(8-15-12(16)6-7-14)17-11-5-3-2-4-10(11)13;/h2-5,9H,6-8,14H2,1H3,(H,15,16);1H. The monoisotopic (exact) mass is 292 g/mol. The smallest absolute Gasteiger partial charge is 0.221 e. The van der Waals surface area contributed by atoms with Crippen LogP contribution in [0.5, 0.6) is 5.75 Å². The average Bonchev–Trinajstić information content (AvgIpc) is 2.30. The number of benzene rings is 1. The van der Waals surface area contributed by atoms with Crippen molar-refractivity contribution in [1.29, 1.82) is 0 Å². The number of rotatable bonds is 6. The van der Waals surface area contributed by atoms with E-state index in [1.54, 1.807) is 12.1 Å². The number of carbonyl (C=O) groups excluding carboxylic acids is 1. The molecule has 3 N–H and O–H groups in total. The molecule has 1 unspecified atom stereocenters. The van der Waals surface area contributed by atoms with Crippen molar-refractivity contribution >= 4 is 29.9 Å². The Kier molecular flexibility index (Phi) is 8.54. The van der Waals surface area contributed by atoms with Crippen LogP contribution in [0.2, 0.25) is 5.02 Å². The second-order valence-electron chi connectivity index (χ2n) is 3.70. The lowest BCUT2D eigenvalue weighted by Crippen LogP contribution is -2.34. The van der Waals surface area contributed by atoms with Crippen LogP contribution in [0.15, 0.2) is 24.3 Å². The second kappa shape index (κ2) is 9.03. The third-order valence-corrected chi connectivity index (χ3v) is 2.44. The van der Waals surface area contributed by atoms with E-state index in [9.17, 15) is 4.79 Å². The van der Waals surface area contributed by atoms with Gasteiger partial charge in [0.05, 0.1) is 11.6 Å². The zero-order valence-electron chi connectivity index (χ0n) is 10.2. The lowest BCUT2D eigenvalue weighted by Gasteiger charge is -2.16. The van der Waals surface area contributed by atoms with E-state index in [0.29, 0.717) is 30.3 Å². The summed E-state index contributed by atoms with van der Waals surface area (Å²) < 4.78 is 5.60. The van der Waals surface area contributed by atoms with Crippen LogP contribution in [0.3, 0.4) is 0 Å². The zero-order valence-corrected chi connectivity index (χ0v) is 11.8. The van der Waals surface area contributed by atoms with Crippen LogP contribution in [0.1, 0.15) is 13.3 Å². The van der Waals surface area contributed by atoms with E-state index in [4.69, 9.17) is 22.1 Å². The average molecular weight is 293 g/mol. The van der Waals surface area contributed by atoms with Crippen molar-refractivity contribution in [3.8, 4) is 5.75 Å². The molecule has 0 spiro atoms. The van der Waals surface area contributed by atoms with Gasteiger partial charge in [-0.05, 0) is 19.1 Å². The molecule has 4 nitrogen and oxygen atoms in total. The van der Waals surface area contributed by atoms with Crippen molar-refractivity contribution in [2.24, 2.45) is 5.73 Å². The summed E-state index contributed by atoms with van der Waals surface area (Å²) in [6.45, 7) is 2.65. The van der Waals surface area contributed by atoms with Crippen LogP contribution in [0, 0.1) is 0 Å². The highest BCUT2D eigenvalue weighted by atomic mass is 35.5. The van der Waals surface area contributed by atoms with Crippen LogP contribution in [0.4, 0.5) is 0 Å². The van der Waals surface area contributed by atoms with Crippen molar-refractivity contribution in [1.82, 2.24) is 5.32 Å². The molecule has 102 valence electrons. The van der Waals surface area contributed by atoms with Gasteiger partial charge in [0.25, 0.3) is 0 Å². The van der Waals surface area contributed by atoms with Gasteiger partial charge in [-0.1, -0.05) is 23.7 Å². The maximum absolute atomic E-state index is 11.2. The van der Waals surface area contributed by atoms with E-state index in [0.717, 1.165) is 0 Å². The van der Waals surface area contributed by atoms with Gasteiger partial charge < -0.3 is 15.8 Å². The van der Waals surface area contributed by atoms with Crippen LogP contribution in [-0.2, 0) is 4.79 Å². The van der Waals surface area contributed by atoms with Gasteiger partial charge in [-0.15, -0.1) is 12.4 Å². The molecule has 0 aliphatic carbocycles. The fourth-order valence-electron chi connectivity index (χ4n) is 1.28. The minimum absolute atomic E-state index is 0. The van der Waals surface area contributed by atoms with Crippen LogP contribution in [0.25, 0.3) is 0 Å². The number of para-hydroxylation sites is 1. The molecule has 0 aliphatic heterocycles. The number of hydrogen-bond donors (Lipinski definition) is 2. The molecule has 0 fully saturated rings. The van der Waals surface area contributed by atoms with E-state index in [1.807, 2.05) is 19.1 Å². The maximum atomic E-state index is 11.2. The van der Waals surface area contributed by atoms with Gasteiger partial charge in [-0.2, -0.15) is 0 Å². The first-order valence-electron chi connectivity index (χ1n) is 5.51. The molecule has 1 aromatic carbocycles. The molecule has 18 heavy (non-hydrogen) atoms. The summed E-state index contributed by atoms with van der Waals surface area (Å²) >= 11 is 5.95. The fraction of sp³-hybridized carbons (Fsp3) is 0.417. The topological polar surface area (TPSA) is 64.4 Å². The summed E-state index contributed by atoms with van der Waals surface area (Å²) in [4.78, 5) is 11.2. The molecule has 0 bridgehead atoms. The van der Waals surface area contributed by atoms with Gasteiger partial charge in [-0.3, -0.25) is 4.79 Å². The molecule has 0 aromatic heterocycles. The zero-order chi connectivity index (χ0) is 12.7. The number of amides is 1. The Morgan fingerprint density at radius 3 is 2.78 bits per heavy atom. The van der Waals surface area contributed by atoms with Crippen LogP contribution in [-0.4, -0.2) is 25.1 Å². The Morgan fingerprint density at radius 2 is 2.17 bits per heavy atom. The van der Waals surface area contributed by atoms with Crippen molar-refractivity contribution in [2.45, 2.75) is 19.4 Å². The molecule has 6 heteroatoms. The highest BCUT2D eigenvalue weighted by Gasteiger charge is 2.08.